The molecule has 0 spiro atoms. The molecule has 1 aromatic heterocycles. The van der Waals surface area contributed by atoms with Crippen molar-refractivity contribution in [3.05, 3.63) is 51.7 Å². The number of esters is 2. The average Bonchev–Trinajstić information content (AvgIpc) is 3.06. The standard InChI is InChI=1S/C23H29FN2O5S/c1-6-15-17(20(27)30-7-2)19(32-18(15)21(28)31-23(3,4)5)26-22(29)25-13-12-14-10-8-9-11-16(14)24/h8-11H,6-7,12-13H2,1-5H3,(H2,25,26,29). The predicted octanol–water partition coefficient (Wildman–Crippen LogP) is 4.95. The molecule has 0 saturated carbocycles. The number of nitrogens with one attached hydrogen (secondary N) is 2. The molecule has 0 saturated heterocycles. The molecule has 1 aromatic carbocycles. The van der Waals surface area contributed by atoms with E-state index in [2.05, 4.69) is 10.6 Å². The third kappa shape index (κ3) is 6.78. The smallest absolute Gasteiger partial charge is 0.349 e. The molecule has 0 aliphatic carbocycles. The minimum absolute atomic E-state index is 0.143. The summed E-state index contributed by atoms with van der Waals surface area (Å²) in [6.45, 7) is 9.06. The zero-order valence-corrected chi connectivity index (χ0v) is 19.8. The van der Waals surface area contributed by atoms with Crippen LogP contribution in [0.25, 0.3) is 0 Å². The van der Waals surface area contributed by atoms with Crippen molar-refractivity contribution in [2.45, 2.75) is 53.1 Å². The highest BCUT2D eigenvalue weighted by atomic mass is 32.1. The zero-order valence-electron chi connectivity index (χ0n) is 19.0. The SMILES string of the molecule is CCOC(=O)c1c(NC(=O)NCCc2ccccc2F)sc(C(=O)OC(C)(C)C)c1CC. The molecule has 2 aromatic rings. The number of thiophene rings is 1. The summed E-state index contributed by atoms with van der Waals surface area (Å²) in [7, 11) is 0. The molecular formula is C23H29FN2O5S. The van der Waals surface area contributed by atoms with Crippen LogP contribution in [-0.2, 0) is 22.3 Å². The van der Waals surface area contributed by atoms with Gasteiger partial charge >= 0.3 is 18.0 Å². The van der Waals surface area contributed by atoms with Crippen molar-refractivity contribution in [1.82, 2.24) is 5.32 Å². The Balaban J connectivity index is 2.22. The summed E-state index contributed by atoms with van der Waals surface area (Å²) < 4.78 is 24.3. The first-order valence-corrected chi connectivity index (χ1v) is 11.2. The number of rotatable bonds is 8. The first kappa shape index (κ1) is 25.3. The maximum Gasteiger partial charge on any atom is 0.349 e. The molecule has 2 rings (SSSR count). The van der Waals surface area contributed by atoms with Crippen molar-refractivity contribution in [3.63, 3.8) is 0 Å². The van der Waals surface area contributed by atoms with Crippen LogP contribution in [0, 0.1) is 5.82 Å². The van der Waals surface area contributed by atoms with Gasteiger partial charge < -0.3 is 14.8 Å². The van der Waals surface area contributed by atoms with Gasteiger partial charge in [0.05, 0.1) is 12.2 Å². The number of hydrogen-bond acceptors (Lipinski definition) is 6. The normalized spacial score (nSPS) is 11.1. The molecule has 1 heterocycles. The lowest BCUT2D eigenvalue weighted by Crippen LogP contribution is -2.30. The summed E-state index contributed by atoms with van der Waals surface area (Å²) in [6.07, 6.45) is 0.675. The van der Waals surface area contributed by atoms with Gasteiger partial charge in [-0.15, -0.1) is 11.3 Å². The van der Waals surface area contributed by atoms with E-state index in [1.165, 1.54) is 6.07 Å². The quantitative estimate of drug-likeness (QED) is 0.540. The van der Waals surface area contributed by atoms with Crippen LogP contribution in [0.4, 0.5) is 14.2 Å². The van der Waals surface area contributed by atoms with Crippen LogP contribution in [-0.4, -0.2) is 36.7 Å². The number of halogens is 1. The molecule has 0 radical (unpaired) electrons. The fourth-order valence-corrected chi connectivity index (χ4v) is 4.11. The summed E-state index contributed by atoms with van der Waals surface area (Å²) in [5.74, 6) is -1.54. The van der Waals surface area contributed by atoms with E-state index in [1.807, 2.05) is 0 Å². The second-order valence-electron chi connectivity index (χ2n) is 7.91. The molecule has 0 atom stereocenters. The van der Waals surface area contributed by atoms with Gasteiger partial charge in [0.2, 0.25) is 0 Å². The highest BCUT2D eigenvalue weighted by Crippen LogP contribution is 2.36. The van der Waals surface area contributed by atoms with Crippen molar-refractivity contribution < 1.29 is 28.2 Å². The van der Waals surface area contributed by atoms with E-state index in [0.29, 0.717) is 24.0 Å². The summed E-state index contributed by atoms with van der Waals surface area (Å²) in [4.78, 5) is 38.0. The van der Waals surface area contributed by atoms with Gasteiger partial charge in [-0.3, -0.25) is 5.32 Å². The minimum Gasteiger partial charge on any atom is -0.462 e. The fraction of sp³-hybridized carbons (Fsp3) is 0.435. The van der Waals surface area contributed by atoms with E-state index < -0.39 is 23.6 Å². The summed E-state index contributed by atoms with van der Waals surface area (Å²) in [5, 5.41) is 5.47. The van der Waals surface area contributed by atoms with E-state index in [4.69, 9.17) is 9.47 Å². The van der Waals surface area contributed by atoms with Crippen LogP contribution in [0.1, 0.15) is 65.8 Å². The second-order valence-corrected chi connectivity index (χ2v) is 8.93. The third-order valence-electron chi connectivity index (χ3n) is 4.29. The van der Waals surface area contributed by atoms with E-state index in [9.17, 15) is 18.8 Å². The van der Waals surface area contributed by atoms with Crippen molar-refractivity contribution in [3.8, 4) is 0 Å². The molecule has 0 bridgehead atoms. The molecule has 32 heavy (non-hydrogen) atoms. The Hall–Kier alpha value is -2.94. The van der Waals surface area contributed by atoms with Crippen molar-refractivity contribution >= 4 is 34.3 Å². The van der Waals surface area contributed by atoms with Crippen LogP contribution >= 0.6 is 11.3 Å². The van der Waals surface area contributed by atoms with Crippen molar-refractivity contribution in [1.29, 1.82) is 0 Å². The number of amides is 2. The van der Waals surface area contributed by atoms with Crippen LogP contribution in [0.5, 0.6) is 0 Å². The number of carbonyl (C=O) groups excluding carboxylic acids is 3. The molecule has 0 unspecified atom stereocenters. The van der Waals surface area contributed by atoms with Crippen LogP contribution in [0.2, 0.25) is 0 Å². The minimum atomic E-state index is -0.714. The number of anilines is 1. The lowest BCUT2D eigenvalue weighted by atomic mass is 10.1. The fourth-order valence-electron chi connectivity index (χ4n) is 2.96. The number of benzene rings is 1. The molecule has 2 amide bonds. The largest absolute Gasteiger partial charge is 0.462 e. The molecule has 7 nitrogen and oxygen atoms in total. The number of urea groups is 1. The molecule has 2 N–H and O–H groups in total. The maximum atomic E-state index is 13.7. The van der Waals surface area contributed by atoms with Gasteiger partial charge in [0.1, 0.15) is 21.3 Å². The molecule has 9 heteroatoms. The predicted molar refractivity (Wildman–Crippen MR) is 122 cm³/mol. The third-order valence-corrected chi connectivity index (χ3v) is 5.42. The van der Waals surface area contributed by atoms with Crippen LogP contribution in [0.3, 0.4) is 0 Å². The Morgan fingerprint density at radius 1 is 1.09 bits per heavy atom. The molecule has 0 fully saturated rings. The van der Waals surface area contributed by atoms with E-state index in [1.54, 1.807) is 52.8 Å². The number of carbonyl (C=O) groups is 3. The highest BCUT2D eigenvalue weighted by Gasteiger charge is 2.30. The van der Waals surface area contributed by atoms with Crippen molar-refractivity contribution in [2.75, 3.05) is 18.5 Å². The molecule has 174 valence electrons. The van der Waals surface area contributed by atoms with Gasteiger partial charge in [0, 0.05) is 6.54 Å². The Morgan fingerprint density at radius 2 is 1.78 bits per heavy atom. The highest BCUT2D eigenvalue weighted by molar-refractivity contribution is 7.18. The summed E-state index contributed by atoms with van der Waals surface area (Å²) >= 11 is 0.967. The topological polar surface area (TPSA) is 93.7 Å². The van der Waals surface area contributed by atoms with Gasteiger partial charge in [-0.1, -0.05) is 25.1 Å². The number of hydrogen-bond donors (Lipinski definition) is 2. The lowest BCUT2D eigenvalue weighted by molar-refractivity contribution is 0.00741. The van der Waals surface area contributed by atoms with Gasteiger partial charge in [-0.2, -0.15) is 0 Å². The first-order valence-electron chi connectivity index (χ1n) is 10.4. The van der Waals surface area contributed by atoms with Crippen molar-refractivity contribution in [2.24, 2.45) is 0 Å². The van der Waals surface area contributed by atoms with Gasteiger partial charge in [0.25, 0.3) is 0 Å². The maximum absolute atomic E-state index is 13.7. The zero-order chi connectivity index (χ0) is 23.9. The van der Waals surface area contributed by atoms with E-state index in [-0.39, 0.29) is 34.4 Å². The summed E-state index contributed by atoms with van der Waals surface area (Å²) in [6, 6.07) is 5.75. The summed E-state index contributed by atoms with van der Waals surface area (Å²) in [5.41, 5.74) is 0.374. The monoisotopic (exact) mass is 464 g/mol. The van der Waals surface area contributed by atoms with E-state index in [0.717, 1.165) is 11.3 Å². The van der Waals surface area contributed by atoms with Gasteiger partial charge in [-0.25, -0.2) is 18.8 Å². The Bertz CT molecular complexity index is 981. The Labute approximate surface area is 191 Å². The first-order chi connectivity index (χ1) is 15.1. The van der Waals surface area contributed by atoms with Gasteiger partial charge in [-0.05, 0) is 57.7 Å². The number of ether oxygens (including phenoxy) is 2. The molecule has 0 aliphatic rings. The van der Waals surface area contributed by atoms with Crippen LogP contribution in [0.15, 0.2) is 24.3 Å². The Kier molecular flexibility index (Phi) is 8.77. The Morgan fingerprint density at radius 3 is 2.38 bits per heavy atom. The second kappa shape index (κ2) is 11.1. The van der Waals surface area contributed by atoms with Gasteiger partial charge in [0.15, 0.2) is 0 Å². The molecular weight excluding hydrogens is 435 g/mol. The average molecular weight is 465 g/mol. The van der Waals surface area contributed by atoms with E-state index >= 15 is 0 Å². The lowest BCUT2D eigenvalue weighted by Gasteiger charge is -2.19. The van der Waals surface area contributed by atoms with Crippen LogP contribution < -0.4 is 10.6 Å². The molecule has 0 aliphatic heterocycles.